The third-order valence-corrected chi connectivity index (χ3v) is 0.725. The molecule has 0 unspecified atom stereocenters. The topological polar surface area (TPSA) is 74.6 Å². The van der Waals surface area contributed by atoms with Gasteiger partial charge in [-0.2, -0.15) is 0 Å². The quantitative estimate of drug-likeness (QED) is 0.443. The first-order valence-corrected chi connectivity index (χ1v) is 2.25. The second-order valence-corrected chi connectivity index (χ2v) is 1.54. The SMILES string of the molecule is O=C(O)C=C(Cl)C(=O)O.[NaH]. The zero-order valence-corrected chi connectivity index (χ0v) is 4.92. The van der Waals surface area contributed by atoms with E-state index in [4.69, 9.17) is 21.8 Å². The van der Waals surface area contributed by atoms with Crippen LogP contribution in [0.2, 0.25) is 0 Å². The molecule has 0 amide bonds. The summed E-state index contributed by atoms with van der Waals surface area (Å²) < 4.78 is 0. The molecular formula is C4H4ClNaO4. The summed E-state index contributed by atoms with van der Waals surface area (Å²) in [7, 11) is 0. The van der Waals surface area contributed by atoms with Crippen LogP contribution in [0.4, 0.5) is 0 Å². The van der Waals surface area contributed by atoms with E-state index in [1.807, 2.05) is 0 Å². The average Bonchev–Trinajstić information content (AvgIpc) is 1.63. The standard InChI is InChI=1S/C4H3ClO4.Na.H/c5-2(4(8)9)1-3(6)7;;/h1H,(H,6,7)(H,8,9);;. The van der Waals surface area contributed by atoms with E-state index in [1.54, 1.807) is 0 Å². The Balaban J connectivity index is 0. The number of carbonyl (C=O) groups is 2. The second-order valence-electron chi connectivity index (χ2n) is 1.14. The molecule has 0 aliphatic heterocycles. The van der Waals surface area contributed by atoms with E-state index in [-0.39, 0.29) is 29.6 Å². The Morgan fingerprint density at radius 2 is 1.70 bits per heavy atom. The van der Waals surface area contributed by atoms with E-state index >= 15 is 0 Å². The van der Waals surface area contributed by atoms with Gasteiger partial charge in [0.1, 0.15) is 5.03 Å². The molecule has 10 heavy (non-hydrogen) atoms. The molecule has 0 saturated heterocycles. The summed E-state index contributed by atoms with van der Waals surface area (Å²) in [6.45, 7) is 0. The van der Waals surface area contributed by atoms with E-state index in [9.17, 15) is 9.59 Å². The summed E-state index contributed by atoms with van der Waals surface area (Å²) in [5, 5.41) is 15.2. The monoisotopic (exact) mass is 174 g/mol. The van der Waals surface area contributed by atoms with Crippen LogP contribution < -0.4 is 0 Å². The Bertz CT molecular complexity index is 176. The molecule has 6 heteroatoms. The number of carboxylic acid groups (broad SMARTS) is 2. The molecule has 0 aromatic carbocycles. The van der Waals surface area contributed by atoms with E-state index < -0.39 is 17.0 Å². The Hall–Kier alpha value is -0.0300. The molecule has 52 valence electrons. The van der Waals surface area contributed by atoms with Crippen LogP contribution in [0.1, 0.15) is 0 Å². The normalized spacial score (nSPS) is 9.90. The third kappa shape index (κ3) is 6.10. The number of halogens is 1. The molecule has 0 heterocycles. The minimum absolute atomic E-state index is 0. The van der Waals surface area contributed by atoms with Crippen molar-refractivity contribution in [2.75, 3.05) is 0 Å². The van der Waals surface area contributed by atoms with E-state index in [0.717, 1.165) is 0 Å². The van der Waals surface area contributed by atoms with E-state index in [0.29, 0.717) is 6.08 Å². The van der Waals surface area contributed by atoms with Gasteiger partial charge in [0.2, 0.25) is 0 Å². The zero-order chi connectivity index (χ0) is 7.44. The fraction of sp³-hybridized carbons (Fsp3) is 0. The number of hydrogen-bond donors (Lipinski definition) is 2. The second kappa shape index (κ2) is 5.73. The molecule has 0 radical (unpaired) electrons. The molecule has 0 aromatic heterocycles. The van der Waals surface area contributed by atoms with Crippen LogP contribution in [0.25, 0.3) is 0 Å². The van der Waals surface area contributed by atoms with Gasteiger partial charge in [0.15, 0.2) is 0 Å². The Morgan fingerprint density at radius 3 is 1.80 bits per heavy atom. The molecule has 0 aliphatic rings. The van der Waals surface area contributed by atoms with Gasteiger partial charge in [-0.15, -0.1) is 0 Å². The van der Waals surface area contributed by atoms with E-state index in [1.165, 1.54) is 0 Å². The van der Waals surface area contributed by atoms with Crippen molar-refractivity contribution in [3.63, 3.8) is 0 Å². The van der Waals surface area contributed by atoms with Crippen molar-refractivity contribution in [1.29, 1.82) is 0 Å². The summed E-state index contributed by atoms with van der Waals surface area (Å²) in [6, 6.07) is 0. The molecule has 4 nitrogen and oxygen atoms in total. The van der Waals surface area contributed by atoms with Crippen molar-refractivity contribution in [3.05, 3.63) is 11.1 Å². The van der Waals surface area contributed by atoms with Crippen molar-refractivity contribution in [2.24, 2.45) is 0 Å². The van der Waals surface area contributed by atoms with Crippen LogP contribution in [0.3, 0.4) is 0 Å². The molecule has 0 fully saturated rings. The summed E-state index contributed by atoms with van der Waals surface area (Å²) in [5.41, 5.74) is 0. The van der Waals surface area contributed by atoms with Crippen LogP contribution >= 0.6 is 11.6 Å². The van der Waals surface area contributed by atoms with Crippen molar-refractivity contribution in [3.8, 4) is 0 Å². The zero-order valence-electron chi connectivity index (χ0n) is 4.17. The maximum atomic E-state index is 9.77. The van der Waals surface area contributed by atoms with Gasteiger partial charge in [0.05, 0.1) is 0 Å². The molecule has 0 aromatic rings. The Morgan fingerprint density at radius 1 is 1.30 bits per heavy atom. The van der Waals surface area contributed by atoms with Crippen LogP contribution in [0.15, 0.2) is 11.1 Å². The van der Waals surface area contributed by atoms with Gasteiger partial charge < -0.3 is 10.2 Å². The van der Waals surface area contributed by atoms with Crippen molar-refractivity contribution in [1.82, 2.24) is 0 Å². The first-order chi connectivity index (χ1) is 4.04. The summed E-state index contributed by atoms with van der Waals surface area (Å²) in [6.07, 6.45) is 0.407. The van der Waals surface area contributed by atoms with Gasteiger partial charge in [-0.05, 0) is 0 Å². The van der Waals surface area contributed by atoms with E-state index in [2.05, 4.69) is 0 Å². The van der Waals surface area contributed by atoms with Gasteiger partial charge in [0.25, 0.3) is 0 Å². The van der Waals surface area contributed by atoms with Crippen LogP contribution in [0.5, 0.6) is 0 Å². The van der Waals surface area contributed by atoms with Crippen LogP contribution in [-0.4, -0.2) is 51.7 Å². The molecule has 0 bridgehead atoms. The van der Waals surface area contributed by atoms with Crippen molar-refractivity contribution < 1.29 is 19.8 Å². The van der Waals surface area contributed by atoms with Gasteiger partial charge in [-0.3, -0.25) is 0 Å². The molecule has 0 atom stereocenters. The van der Waals surface area contributed by atoms with Crippen LogP contribution in [-0.2, 0) is 9.59 Å². The minimum atomic E-state index is -1.45. The number of rotatable bonds is 2. The maximum absolute atomic E-state index is 9.77. The van der Waals surface area contributed by atoms with Crippen molar-refractivity contribution >= 4 is 53.1 Å². The summed E-state index contributed by atoms with van der Waals surface area (Å²) in [5.74, 6) is -2.82. The summed E-state index contributed by atoms with van der Waals surface area (Å²) in [4.78, 5) is 19.5. The third-order valence-electron chi connectivity index (χ3n) is 0.455. The molecule has 0 aliphatic carbocycles. The first-order valence-electron chi connectivity index (χ1n) is 1.87. The molecule has 2 N–H and O–H groups in total. The Kier molecular flexibility index (Phi) is 7.24. The first kappa shape index (κ1) is 12.6. The molecule has 0 rings (SSSR count). The van der Waals surface area contributed by atoms with Gasteiger partial charge in [-0.25, -0.2) is 9.59 Å². The molecule has 0 saturated carbocycles. The Labute approximate surface area is 83.8 Å². The van der Waals surface area contributed by atoms with Crippen molar-refractivity contribution in [2.45, 2.75) is 0 Å². The van der Waals surface area contributed by atoms with Gasteiger partial charge in [0, 0.05) is 6.08 Å². The fourth-order valence-electron chi connectivity index (χ4n) is 0.170. The molecule has 0 spiro atoms. The number of carboxylic acids is 2. The predicted molar refractivity (Wildman–Crippen MR) is 36.4 cm³/mol. The fourth-order valence-corrected chi connectivity index (χ4v) is 0.263. The molecular weight excluding hydrogens is 170 g/mol. The number of aliphatic carboxylic acids is 2. The van der Waals surface area contributed by atoms with Crippen LogP contribution in [0, 0.1) is 0 Å². The van der Waals surface area contributed by atoms with Gasteiger partial charge in [-0.1, -0.05) is 11.6 Å². The van der Waals surface area contributed by atoms with Gasteiger partial charge >= 0.3 is 41.5 Å². The summed E-state index contributed by atoms with van der Waals surface area (Å²) >= 11 is 4.89. The average molecular weight is 175 g/mol. The predicted octanol–water partition coefficient (Wildman–Crippen LogP) is -0.370. The number of hydrogen-bond acceptors (Lipinski definition) is 2.